The third-order valence-corrected chi connectivity index (χ3v) is 8.27. The minimum absolute atomic E-state index is 0.376. The topological polar surface area (TPSA) is 49.7 Å². The molecule has 0 bridgehead atoms. The van der Waals surface area contributed by atoms with E-state index in [1.165, 1.54) is 11.3 Å². The second kappa shape index (κ2) is 8.40. The third-order valence-electron chi connectivity index (χ3n) is 6.36. The minimum Gasteiger partial charge on any atom is -0.257 e. The Hall–Kier alpha value is -2.76. The molecule has 0 radical (unpaired) electrons. The molecule has 2 heterocycles. The molecule has 158 valence electrons. The van der Waals surface area contributed by atoms with Crippen molar-refractivity contribution in [3.05, 3.63) is 84.4 Å². The Morgan fingerprint density at radius 2 is 1.45 bits per heavy atom. The summed E-state index contributed by atoms with van der Waals surface area (Å²) in [5.41, 5.74) is 5.74. The number of benzene rings is 3. The highest BCUT2D eigenvalue weighted by Gasteiger charge is 2.30. The first-order valence-corrected chi connectivity index (χ1v) is 12.3. The molecule has 0 aliphatic carbocycles. The summed E-state index contributed by atoms with van der Waals surface area (Å²) in [7, 11) is -3.45. The van der Waals surface area contributed by atoms with Gasteiger partial charge in [0.05, 0.1) is 10.6 Å². The van der Waals surface area contributed by atoms with E-state index in [9.17, 15) is 8.42 Å². The van der Waals surface area contributed by atoms with Crippen LogP contribution in [0.3, 0.4) is 0 Å². The molecule has 0 amide bonds. The molecule has 0 aromatic heterocycles. The Balaban J connectivity index is 1.21. The highest BCUT2D eigenvalue weighted by atomic mass is 32.2. The van der Waals surface area contributed by atoms with Gasteiger partial charge in [0.15, 0.2) is 0 Å². The summed E-state index contributed by atoms with van der Waals surface area (Å²) in [5, 5.41) is 0. The average Bonchev–Trinajstić information content (AvgIpc) is 3.22. The molecule has 5 rings (SSSR count). The Labute approximate surface area is 184 Å². The van der Waals surface area contributed by atoms with Gasteiger partial charge in [-0.2, -0.15) is 4.31 Å². The van der Waals surface area contributed by atoms with Crippen molar-refractivity contribution in [2.24, 2.45) is 10.9 Å². The fourth-order valence-electron chi connectivity index (χ4n) is 4.60. The monoisotopic (exact) mass is 430 g/mol. The van der Waals surface area contributed by atoms with E-state index in [-0.39, 0.29) is 0 Å². The zero-order valence-corrected chi connectivity index (χ0v) is 18.3. The molecular weight excluding hydrogens is 404 g/mol. The third kappa shape index (κ3) is 4.21. The molecule has 31 heavy (non-hydrogen) atoms. The van der Waals surface area contributed by atoms with Gasteiger partial charge in [-0.3, -0.25) is 4.99 Å². The van der Waals surface area contributed by atoms with Crippen molar-refractivity contribution in [3.8, 4) is 11.1 Å². The summed E-state index contributed by atoms with van der Waals surface area (Å²) < 4.78 is 27.9. The summed E-state index contributed by atoms with van der Waals surface area (Å²) >= 11 is 0. The maximum absolute atomic E-state index is 13.1. The van der Waals surface area contributed by atoms with Crippen LogP contribution >= 0.6 is 0 Å². The molecule has 0 spiro atoms. The van der Waals surface area contributed by atoms with E-state index in [4.69, 9.17) is 4.99 Å². The zero-order chi connectivity index (χ0) is 21.3. The molecule has 3 aromatic rings. The molecule has 4 nitrogen and oxygen atoms in total. The molecule has 0 saturated carbocycles. The number of para-hydroxylation sites is 1. The molecule has 2 aliphatic rings. The lowest BCUT2D eigenvalue weighted by Gasteiger charge is -2.31. The van der Waals surface area contributed by atoms with Gasteiger partial charge in [-0.25, -0.2) is 8.42 Å². The molecule has 1 saturated heterocycles. The van der Waals surface area contributed by atoms with E-state index >= 15 is 0 Å². The van der Waals surface area contributed by atoms with E-state index in [2.05, 4.69) is 18.2 Å². The number of fused-ring (bicyclic) bond motifs is 1. The van der Waals surface area contributed by atoms with E-state index in [1.807, 2.05) is 48.5 Å². The van der Waals surface area contributed by atoms with Crippen LogP contribution in [-0.4, -0.2) is 31.5 Å². The SMILES string of the molecule is O=S(=O)(c1ccc(-c2ccccc2)cc1)N1CCC(CC2=Nc3ccccc3C2)CC1. The Morgan fingerprint density at radius 1 is 0.806 bits per heavy atom. The molecule has 0 unspecified atom stereocenters. The van der Waals surface area contributed by atoms with Crippen molar-refractivity contribution >= 4 is 21.4 Å². The van der Waals surface area contributed by atoms with Gasteiger partial charge in [-0.1, -0.05) is 60.7 Å². The van der Waals surface area contributed by atoms with Crippen molar-refractivity contribution in [2.45, 2.75) is 30.6 Å². The van der Waals surface area contributed by atoms with Crippen LogP contribution in [0.1, 0.15) is 24.8 Å². The van der Waals surface area contributed by atoms with Crippen LogP contribution in [0.2, 0.25) is 0 Å². The van der Waals surface area contributed by atoms with Crippen molar-refractivity contribution < 1.29 is 8.42 Å². The highest BCUT2D eigenvalue weighted by molar-refractivity contribution is 7.89. The van der Waals surface area contributed by atoms with Gasteiger partial charge in [0.25, 0.3) is 0 Å². The van der Waals surface area contributed by atoms with E-state index in [0.29, 0.717) is 23.9 Å². The van der Waals surface area contributed by atoms with E-state index in [0.717, 1.165) is 42.5 Å². The quantitative estimate of drug-likeness (QED) is 0.539. The van der Waals surface area contributed by atoms with Crippen LogP contribution in [0.25, 0.3) is 11.1 Å². The fraction of sp³-hybridized carbons (Fsp3) is 0.269. The number of aliphatic imine (C=N–C) groups is 1. The summed E-state index contributed by atoms with van der Waals surface area (Å²) in [6.07, 6.45) is 3.67. The summed E-state index contributed by atoms with van der Waals surface area (Å²) in [6.45, 7) is 1.15. The molecule has 3 aromatic carbocycles. The molecule has 1 fully saturated rings. The minimum atomic E-state index is -3.45. The van der Waals surface area contributed by atoms with Crippen LogP contribution in [-0.2, 0) is 16.4 Å². The summed E-state index contributed by atoms with van der Waals surface area (Å²) in [6, 6.07) is 25.6. The molecule has 0 N–H and O–H groups in total. The van der Waals surface area contributed by atoms with Gasteiger partial charge in [-0.05, 0) is 60.1 Å². The van der Waals surface area contributed by atoms with Gasteiger partial charge in [0.2, 0.25) is 10.0 Å². The van der Waals surface area contributed by atoms with Gasteiger partial charge in [0.1, 0.15) is 0 Å². The number of piperidine rings is 1. The lowest BCUT2D eigenvalue weighted by Crippen LogP contribution is -2.38. The Kier molecular flexibility index (Phi) is 5.47. The number of rotatable bonds is 5. The zero-order valence-electron chi connectivity index (χ0n) is 17.4. The molecule has 2 aliphatic heterocycles. The normalized spacial score (nSPS) is 17.4. The van der Waals surface area contributed by atoms with Crippen molar-refractivity contribution in [2.75, 3.05) is 13.1 Å². The maximum atomic E-state index is 13.1. The second-order valence-corrected chi connectivity index (χ2v) is 10.4. The summed E-state index contributed by atoms with van der Waals surface area (Å²) in [4.78, 5) is 5.16. The van der Waals surface area contributed by atoms with Crippen molar-refractivity contribution in [1.82, 2.24) is 4.31 Å². The smallest absolute Gasteiger partial charge is 0.243 e. The van der Waals surface area contributed by atoms with Crippen LogP contribution in [0.5, 0.6) is 0 Å². The van der Waals surface area contributed by atoms with Gasteiger partial charge in [0, 0.05) is 25.2 Å². The van der Waals surface area contributed by atoms with Gasteiger partial charge >= 0.3 is 0 Å². The predicted octanol–water partition coefficient (Wildman–Crippen LogP) is 5.47. The van der Waals surface area contributed by atoms with Crippen LogP contribution in [0.4, 0.5) is 5.69 Å². The maximum Gasteiger partial charge on any atom is 0.243 e. The first-order valence-electron chi connectivity index (χ1n) is 10.9. The molecule has 0 atom stereocenters. The Bertz CT molecular complexity index is 1190. The predicted molar refractivity (Wildman–Crippen MR) is 125 cm³/mol. The highest BCUT2D eigenvalue weighted by Crippen LogP contribution is 2.32. The van der Waals surface area contributed by atoms with Crippen LogP contribution in [0, 0.1) is 5.92 Å². The number of sulfonamides is 1. The number of nitrogens with zero attached hydrogens (tertiary/aromatic N) is 2. The first kappa shape index (κ1) is 20.2. The van der Waals surface area contributed by atoms with Crippen molar-refractivity contribution in [1.29, 1.82) is 0 Å². The average molecular weight is 431 g/mol. The van der Waals surface area contributed by atoms with Crippen molar-refractivity contribution in [3.63, 3.8) is 0 Å². The van der Waals surface area contributed by atoms with Gasteiger partial charge < -0.3 is 0 Å². The molecule has 5 heteroatoms. The van der Waals surface area contributed by atoms with E-state index in [1.54, 1.807) is 16.4 Å². The van der Waals surface area contributed by atoms with Crippen LogP contribution in [0.15, 0.2) is 88.8 Å². The summed E-state index contributed by atoms with van der Waals surface area (Å²) in [5.74, 6) is 0.500. The second-order valence-electron chi connectivity index (χ2n) is 8.43. The lowest BCUT2D eigenvalue weighted by atomic mass is 9.91. The largest absolute Gasteiger partial charge is 0.257 e. The van der Waals surface area contributed by atoms with E-state index < -0.39 is 10.0 Å². The number of hydrogen-bond acceptors (Lipinski definition) is 3. The van der Waals surface area contributed by atoms with Gasteiger partial charge in [-0.15, -0.1) is 0 Å². The first-order chi connectivity index (χ1) is 15.1. The standard InChI is InChI=1S/C26H26N2O2S/c29-31(30,25-12-10-22(11-13-25)21-6-2-1-3-7-21)28-16-14-20(15-17-28)18-24-19-23-8-4-5-9-26(23)27-24/h1-13,20H,14-19H2. The number of hydrogen-bond donors (Lipinski definition) is 0. The Morgan fingerprint density at radius 3 is 2.16 bits per heavy atom. The van der Waals surface area contributed by atoms with Crippen LogP contribution < -0.4 is 0 Å². The lowest BCUT2D eigenvalue weighted by molar-refractivity contribution is 0.278. The fourth-order valence-corrected chi connectivity index (χ4v) is 6.07. The molecular formula is C26H26N2O2S.